The molecule has 3 heteroatoms. The Morgan fingerprint density at radius 2 is 1.82 bits per heavy atom. The number of hydrogen-bond donors (Lipinski definition) is 0. The molecule has 1 aliphatic rings. The van der Waals surface area contributed by atoms with E-state index in [1.807, 2.05) is 12.1 Å². The van der Waals surface area contributed by atoms with Crippen LogP contribution in [0.5, 0.6) is 11.5 Å². The van der Waals surface area contributed by atoms with Gasteiger partial charge in [-0.15, -0.1) is 0 Å². The molecule has 0 heterocycles. The molecule has 0 N–H and O–H groups in total. The molecule has 1 saturated carbocycles. The van der Waals surface area contributed by atoms with Gasteiger partial charge >= 0.3 is 0 Å². The number of ether oxygens (including phenoxy) is 2. The SMILES string of the molecule is COc1ccc(CN(C)[C@H]2C[C@@H]2c2ccccc2)c(OC)c1. The second-order valence-electron chi connectivity index (χ2n) is 5.91. The highest BCUT2D eigenvalue weighted by atomic mass is 16.5. The molecule has 0 unspecified atom stereocenters. The Kier molecular flexibility index (Phi) is 4.34. The first-order chi connectivity index (χ1) is 10.7. The van der Waals surface area contributed by atoms with Crippen molar-refractivity contribution >= 4 is 0 Å². The van der Waals surface area contributed by atoms with E-state index in [0.29, 0.717) is 12.0 Å². The minimum Gasteiger partial charge on any atom is -0.497 e. The molecular weight excluding hydrogens is 274 g/mol. The lowest BCUT2D eigenvalue weighted by Crippen LogP contribution is -2.21. The van der Waals surface area contributed by atoms with Gasteiger partial charge in [0.15, 0.2) is 0 Å². The van der Waals surface area contributed by atoms with Gasteiger partial charge in [0.2, 0.25) is 0 Å². The molecule has 1 fully saturated rings. The Balaban J connectivity index is 1.67. The number of rotatable bonds is 6. The van der Waals surface area contributed by atoms with Crippen LogP contribution in [0.4, 0.5) is 0 Å². The Morgan fingerprint density at radius 1 is 1.05 bits per heavy atom. The highest BCUT2D eigenvalue weighted by molar-refractivity contribution is 5.41. The van der Waals surface area contributed by atoms with Crippen LogP contribution in [0.1, 0.15) is 23.5 Å². The van der Waals surface area contributed by atoms with Crippen LogP contribution >= 0.6 is 0 Å². The maximum Gasteiger partial charge on any atom is 0.127 e. The topological polar surface area (TPSA) is 21.7 Å². The molecule has 3 rings (SSSR count). The van der Waals surface area contributed by atoms with Gasteiger partial charge in [-0.05, 0) is 25.1 Å². The van der Waals surface area contributed by atoms with Gasteiger partial charge in [-0.25, -0.2) is 0 Å². The van der Waals surface area contributed by atoms with Gasteiger partial charge in [-0.2, -0.15) is 0 Å². The van der Waals surface area contributed by atoms with Gasteiger partial charge in [0.05, 0.1) is 14.2 Å². The fourth-order valence-electron chi connectivity index (χ4n) is 3.10. The number of methoxy groups -OCH3 is 2. The van der Waals surface area contributed by atoms with E-state index in [-0.39, 0.29) is 0 Å². The van der Waals surface area contributed by atoms with E-state index in [1.54, 1.807) is 14.2 Å². The molecule has 2 aromatic carbocycles. The molecule has 22 heavy (non-hydrogen) atoms. The summed E-state index contributed by atoms with van der Waals surface area (Å²) in [6.07, 6.45) is 1.24. The summed E-state index contributed by atoms with van der Waals surface area (Å²) in [6, 6.07) is 17.4. The second kappa shape index (κ2) is 6.41. The second-order valence-corrected chi connectivity index (χ2v) is 5.91. The van der Waals surface area contributed by atoms with Crippen LogP contribution in [0, 0.1) is 0 Å². The molecule has 0 aromatic heterocycles. The van der Waals surface area contributed by atoms with Crippen LogP contribution in [0.25, 0.3) is 0 Å². The van der Waals surface area contributed by atoms with Crippen molar-refractivity contribution in [3.05, 3.63) is 59.7 Å². The summed E-state index contributed by atoms with van der Waals surface area (Å²) in [7, 11) is 5.58. The lowest BCUT2D eigenvalue weighted by atomic mass is 10.1. The van der Waals surface area contributed by atoms with Gasteiger partial charge in [-0.1, -0.05) is 36.4 Å². The molecule has 0 bridgehead atoms. The molecule has 2 aromatic rings. The third kappa shape index (κ3) is 3.09. The number of benzene rings is 2. The Morgan fingerprint density at radius 3 is 2.50 bits per heavy atom. The van der Waals surface area contributed by atoms with Crippen molar-refractivity contribution in [2.75, 3.05) is 21.3 Å². The van der Waals surface area contributed by atoms with E-state index in [4.69, 9.17) is 9.47 Å². The molecule has 0 spiro atoms. The molecule has 0 radical (unpaired) electrons. The normalized spacial score (nSPS) is 20.0. The Labute approximate surface area is 132 Å². The number of likely N-dealkylation sites (N-methyl/N-ethyl adjacent to an activating group) is 1. The summed E-state index contributed by atoms with van der Waals surface area (Å²) in [6.45, 7) is 0.890. The first-order valence-corrected chi connectivity index (χ1v) is 7.69. The highest BCUT2D eigenvalue weighted by Crippen LogP contribution is 2.44. The first kappa shape index (κ1) is 14.9. The van der Waals surface area contributed by atoms with E-state index >= 15 is 0 Å². The minimum atomic E-state index is 0.620. The lowest BCUT2D eigenvalue weighted by Gasteiger charge is -2.19. The van der Waals surface area contributed by atoms with Crippen molar-refractivity contribution in [2.45, 2.75) is 24.9 Å². The molecule has 116 valence electrons. The van der Waals surface area contributed by atoms with Gasteiger partial charge in [0, 0.05) is 30.1 Å². The maximum absolute atomic E-state index is 5.49. The summed E-state index contributed by atoms with van der Waals surface area (Å²) < 4.78 is 10.8. The van der Waals surface area contributed by atoms with E-state index < -0.39 is 0 Å². The average molecular weight is 297 g/mol. The largest absolute Gasteiger partial charge is 0.497 e. The van der Waals surface area contributed by atoms with E-state index in [1.165, 1.54) is 17.5 Å². The molecule has 0 saturated heterocycles. The standard InChI is InChI=1S/C19H23NO2/c1-20(18-12-17(18)14-7-5-4-6-8-14)13-15-9-10-16(21-2)11-19(15)22-3/h4-11,17-18H,12-13H2,1-3H3/t17-,18+/m1/s1. The third-order valence-electron chi connectivity index (χ3n) is 4.46. The van der Waals surface area contributed by atoms with E-state index in [9.17, 15) is 0 Å². The van der Waals surface area contributed by atoms with Crippen molar-refractivity contribution in [1.82, 2.24) is 4.90 Å². The summed E-state index contributed by atoms with van der Waals surface area (Å²) in [4.78, 5) is 2.42. The zero-order valence-electron chi connectivity index (χ0n) is 13.5. The quantitative estimate of drug-likeness (QED) is 0.811. The van der Waals surface area contributed by atoms with Gasteiger partial charge in [0.25, 0.3) is 0 Å². The predicted molar refractivity (Wildman–Crippen MR) is 88.6 cm³/mol. The van der Waals surface area contributed by atoms with Crippen molar-refractivity contribution in [1.29, 1.82) is 0 Å². The predicted octanol–water partition coefficient (Wildman–Crippen LogP) is 3.69. The highest BCUT2D eigenvalue weighted by Gasteiger charge is 2.41. The fourth-order valence-corrected chi connectivity index (χ4v) is 3.10. The van der Waals surface area contributed by atoms with Crippen LogP contribution in [-0.2, 0) is 6.54 Å². The minimum absolute atomic E-state index is 0.620. The maximum atomic E-state index is 5.49. The molecule has 3 nitrogen and oxygen atoms in total. The van der Waals surface area contributed by atoms with Crippen LogP contribution in [0.2, 0.25) is 0 Å². The first-order valence-electron chi connectivity index (χ1n) is 7.69. The smallest absolute Gasteiger partial charge is 0.127 e. The van der Waals surface area contributed by atoms with E-state index in [2.05, 4.69) is 48.3 Å². The Hall–Kier alpha value is -2.00. The summed E-state index contributed by atoms with van der Waals surface area (Å²) in [5, 5.41) is 0. The summed E-state index contributed by atoms with van der Waals surface area (Å²) in [5.74, 6) is 2.38. The average Bonchev–Trinajstić information content (AvgIpc) is 3.37. The zero-order chi connectivity index (χ0) is 15.5. The lowest BCUT2D eigenvalue weighted by molar-refractivity contribution is 0.302. The van der Waals surface area contributed by atoms with Gasteiger partial charge < -0.3 is 9.47 Å². The van der Waals surface area contributed by atoms with Crippen LogP contribution in [0.15, 0.2) is 48.5 Å². The third-order valence-corrected chi connectivity index (χ3v) is 4.46. The molecule has 0 aliphatic heterocycles. The van der Waals surface area contributed by atoms with Crippen LogP contribution in [0.3, 0.4) is 0 Å². The number of hydrogen-bond acceptors (Lipinski definition) is 3. The number of nitrogens with zero attached hydrogens (tertiary/aromatic N) is 1. The Bertz CT molecular complexity index is 627. The molecule has 1 aliphatic carbocycles. The summed E-state index contributed by atoms with van der Waals surface area (Å²) in [5.41, 5.74) is 2.64. The van der Waals surface area contributed by atoms with Crippen LogP contribution < -0.4 is 9.47 Å². The molecule has 0 amide bonds. The monoisotopic (exact) mass is 297 g/mol. The van der Waals surface area contributed by atoms with E-state index in [0.717, 1.165) is 18.0 Å². The van der Waals surface area contributed by atoms with Crippen molar-refractivity contribution in [2.24, 2.45) is 0 Å². The van der Waals surface area contributed by atoms with Crippen molar-refractivity contribution in [3.63, 3.8) is 0 Å². The van der Waals surface area contributed by atoms with Crippen LogP contribution in [-0.4, -0.2) is 32.2 Å². The summed E-state index contributed by atoms with van der Waals surface area (Å²) >= 11 is 0. The molecular formula is C19H23NO2. The van der Waals surface area contributed by atoms with Crippen molar-refractivity contribution < 1.29 is 9.47 Å². The fraction of sp³-hybridized carbons (Fsp3) is 0.368. The van der Waals surface area contributed by atoms with Gasteiger partial charge in [-0.3, -0.25) is 4.90 Å². The molecule has 2 atom stereocenters. The zero-order valence-corrected chi connectivity index (χ0v) is 13.5. The van der Waals surface area contributed by atoms with Gasteiger partial charge in [0.1, 0.15) is 11.5 Å². The van der Waals surface area contributed by atoms with Crippen molar-refractivity contribution in [3.8, 4) is 11.5 Å².